The first kappa shape index (κ1) is 15.1. The summed E-state index contributed by atoms with van der Waals surface area (Å²) >= 11 is 0. The average Bonchev–Trinajstić information content (AvgIpc) is 2.44. The van der Waals surface area contributed by atoms with E-state index in [-0.39, 0.29) is 6.10 Å². The van der Waals surface area contributed by atoms with E-state index in [0.29, 0.717) is 11.6 Å². The fraction of sp³-hybridized carbons (Fsp3) is 0.706. The Balaban J connectivity index is 1.87. The molecule has 1 saturated carbocycles. The molecule has 2 rings (SSSR count). The molecular formula is C17H28N2O. The highest BCUT2D eigenvalue weighted by molar-refractivity contribution is 5.46. The molecule has 0 amide bonds. The van der Waals surface area contributed by atoms with Crippen molar-refractivity contribution in [1.29, 1.82) is 0 Å². The lowest BCUT2D eigenvalue weighted by Crippen LogP contribution is -2.18. The van der Waals surface area contributed by atoms with Crippen LogP contribution in [0.4, 0.5) is 5.69 Å². The lowest BCUT2D eigenvalue weighted by Gasteiger charge is -2.20. The molecule has 3 heteroatoms. The van der Waals surface area contributed by atoms with E-state index in [2.05, 4.69) is 4.98 Å². The third-order valence-corrected chi connectivity index (χ3v) is 4.13. The van der Waals surface area contributed by atoms with E-state index < -0.39 is 0 Å². The van der Waals surface area contributed by atoms with Crippen LogP contribution in [0.3, 0.4) is 0 Å². The molecule has 1 aromatic heterocycles. The number of nitrogens with zero attached hydrogens (tertiary/aromatic N) is 1. The van der Waals surface area contributed by atoms with Gasteiger partial charge in [-0.25, -0.2) is 4.98 Å². The zero-order valence-electron chi connectivity index (χ0n) is 12.5. The van der Waals surface area contributed by atoms with Crippen LogP contribution in [0.15, 0.2) is 18.3 Å². The normalized spacial score (nSPS) is 19.8. The van der Waals surface area contributed by atoms with Gasteiger partial charge in [-0.2, -0.15) is 0 Å². The SMILES string of the molecule is Nc1cccnc1OC1CCCCCCCCCCC1. The van der Waals surface area contributed by atoms with E-state index in [4.69, 9.17) is 10.5 Å². The molecule has 0 saturated heterocycles. The minimum Gasteiger partial charge on any atom is -0.473 e. The molecule has 0 unspecified atom stereocenters. The molecule has 1 aliphatic rings. The van der Waals surface area contributed by atoms with Gasteiger partial charge < -0.3 is 10.5 Å². The van der Waals surface area contributed by atoms with Gasteiger partial charge >= 0.3 is 0 Å². The molecule has 0 bridgehead atoms. The molecular weight excluding hydrogens is 248 g/mol. The number of aromatic nitrogens is 1. The first-order valence-electron chi connectivity index (χ1n) is 8.23. The van der Waals surface area contributed by atoms with Crippen LogP contribution in [0.2, 0.25) is 0 Å². The first-order chi connectivity index (χ1) is 9.86. The van der Waals surface area contributed by atoms with Gasteiger partial charge in [0.25, 0.3) is 0 Å². The van der Waals surface area contributed by atoms with Crippen molar-refractivity contribution in [2.75, 3.05) is 5.73 Å². The van der Waals surface area contributed by atoms with Gasteiger partial charge in [-0.1, -0.05) is 44.9 Å². The Morgan fingerprint density at radius 2 is 1.45 bits per heavy atom. The summed E-state index contributed by atoms with van der Waals surface area (Å²) in [6.07, 6.45) is 16.5. The van der Waals surface area contributed by atoms with Crippen molar-refractivity contribution in [1.82, 2.24) is 4.98 Å². The highest BCUT2D eigenvalue weighted by Gasteiger charge is 2.13. The first-order valence-corrected chi connectivity index (χ1v) is 8.23. The van der Waals surface area contributed by atoms with E-state index in [0.717, 1.165) is 12.8 Å². The minimum absolute atomic E-state index is 0.284. The number of hydrogen-bond donors (Lipinski definition) is 1. The van der Waals surface area contributed by atoms with Crippen molar-refractivity contribution in [3.05, 3.63) is 18.3 Å². The lowest BCUT2D eigenvalue weighted by molar-refractivity contribution is 0.166. The molecule has 0 radical (unpaired) electrons. The van der Waals surface area contributed by atoms with Crippen LogP contribution in [0.5, 0.6) is 5.88 Å². The molecule has 20 heavy (non-hydrogen) atoms. The molecule has 0 atom stereocenters. The highest BCUT2D eigenvalue weighted by atomic mass is 16.5. The summed E-state index contributed by atoms with van der Waals surface area (Å²) in [6.45, 7) is 0. The highest BCUT2D eigenvalue weighted by Crippen LogP contribution is 2.23. The summed E-state index contributed by atoms with van der Waals surface area (Å²) in [4.78, 5) is 4.25. The fourth-order valence-electron chi connectivity index (χ4n) is 2.90. The maximum atomic E-state index is 6.05. The van der Waals surface area contributed by atoms with Crippen LogP contribution < -0.4 is 10.5 Å². The zero-order valence-corrected chi connectivity index (χ0v) is 12.5. The standard InChI is InChI=1S/C17H28N2O/c18-16-13-10-14-19-17(16)20-15-11-8-6-4-2-1-3-5-7-9-12-15/h10,13-15H,1-9,11-12,18H2. The molecule has 1 heterocycles. The van der Waals surface area contributed by atoms with Crippen molar-refractivity contribution in [3.63, 3.8) is 0 Å². The summed E-state index contributed by atoms with van der Waals surface area (Å²) in [5.41, 5.74) is 6.57. The number of nitrogen functional groups attached to an aromatic ring is 1. The van der Waals surface area contributed by atoms with E-state index in [1.165, 1.54) is 57.8 Å². The third-order valence-electron chi connectivity index (χ3n) is 4.13. The predicted octanol–water partition coefficient (Wildman–Crippen LogP) is 4.72. The molecule has 0 aromatic carbocycles. The molecule has 0 aliphatic heterocycles. The number of nitrogens with two attached hydrogens (primary N) is 1. The van der Waals surface area contributed by atoms with E-state index in [1.807, 2.05) is 12.1 Å². The minimum atomic E-state index is 0.284. The quantitative estimate of drug-likeness (QED) is 0.850. The van der Waals surface area contributed by atoms with E-state index in [1.54, 1.807) is 6.20 Å². The summed E-state index contributed by atoms with van der Waals surface area (Å²) in [5, 5.41) is 0. The number of anilines is 1. The van der Waals surface area contributed by atoms with Crippen LogP contribution >= 0.6 is 0 Å². The van der Waals surface area contributed by atoms with Crippen molar-refractivity contribution < 1.29 is 4.74 Å². The predicted molar refractivity (Wildman–Crippen MR) is 83.9 cm³/mol. The second-order valence-corrected chi connectivity index (χ2v) is 5.90. The Hall–Kier alpha value is -1.25. The van der Waals surface area contributed by atoms with Crippen LogP contribution in [-0.2, 0) is 0 Å². The van der Waals surface area contributed by atoms with Gasteiger partial charge in [0.05, 0.1) is 5.69 Å². The van der Waals surface area contributed by atoms with Gasteiger partial charge in [0.15, 0.2) is 0 Å². The third kappa shape index (κ3) is 5.40. The molecule has 0 spiro atoms. The van der Waals surface area contributed by atoms with Gasteiger partial charge in [0, 0.05) is 6.20 Å². The fourth-order valence-corrected chi connectivity index (χ4v) is 2.90. The van der Waals surface area contributed by atoms with Gasteiger partial charge in [0.2, 0.25) is 5.88 Å². The van der Waals surface area contributed by atoms with Crippen molar-refractivity contribution in [2.24, 2.45) is 0 Å². The van der Waals surface area contributed by atoms with Gasteiger partial charge in [-0.05, 0) is 37.8 Å². The zero-order chi connectivity index (χ0) is 14.0. The van der Waals surface area contributed by atoms with Gasteiger partial charge in [0.1, 0.15) is 6.10 Å². The van der Waals surface area contributed by atoms with Crippen molar-refractivity contribution in [2.45, 2.75) is 76.7 Å². The van der Waals surface area contributed by atoms with Crippen molar-refractivity contribution in [3.8, 4) is 5.88 Å². The number of ether oxygens (including phenoxy) is 1. The number of rotatable bonds is 2. The molecule has 2 N–H and O–H groups in total. The summed E-state index contributed by atoms with van der Waals surface area (Å²) < 4.78 is 6.05. The maximum absolute atomic E-state index is 6.05. The Bertz CT molecular complexity index is 369. The molecule has 1 aromatic rings. The molecule has 3 nitrogen and oxygen atoms in total. The second-order valence-electron chi connectivity index (χ2n) is 5.90. The topological polar surface area (TPSA) is 48.1 Å². The Labute approximate surface area is 122 Å². The molecule has 112 valence electrons. The Morgan fingerprint density at radius 1 is 0.900 bits per heavy atom. The molecule has 1 fully saturated rings. The van der Waals surface area contributed by atoms with E-state index >= 15 is 0 Å². The Kier molecular flexibility index (Phi) is 6.69. The van der Waals surface area contributed by atoms with Gasteiger partial charge in [-0.15, -0.1) is 0 Å². The number of pyridine rings is 1. The molecule has 1 aliphatic carbocycles. The average molecular weight is 276 g/mol. The van der Waals surface area contributed by atoms with Crippen LogP contribution in [0, 0.1) is 0 Å². The number of hydrogen-bond acceptors (Lipinski definition) is 3. The lowest BCUT2D eigenvalue weighted by atomic mass is 9.99. The maximum Gasteiger partial charge on any atom is 0.237 e. The monoisotopic (exact) mass is 276 g/mol. The van der Waals surface area contributed by atoms with E-state index in [9.17, 15) is 0 Å². The van der Waals surface area contributed by atoms with Crippen LogP contribution in [-0.4, -0.2) is 11.1 Å². The summed E-state index contributed by atoms with van der Waals surface area (Å²) in [6, 6.07) is 3.71. The summed E-state index contributed by atoms with van der Waals surface area (Å²) in [7, 11) is 0. The van der Waals surface area contributed by atoms with Crippen molar-refractivity contribution >= 4 is 5.69 Å². The van der Waals surface area contributed by atoms with Crippen LogP contribution in [0.1, 0.15) is 70.6 Å². The smallest absolute Gasteiger partial charge is 0.237 e. The summed E-state index contributed by atoms with van der Waals surface area (Å²) in [5.74, 6) is 0.615. The van der Waals surface area contributed by atoms with Crippen LogP contribution in [0.25, 0.3) is 0 Å². The van der Waals surface area contributed by atoms with Gasteiger partial charge in [-0.3, -0.25) is 0 Å². The second kappa shape index (κ2) is 8.83. The Morgan fingerprint density at radius 3 is 2.00 bits per heavy atom. The largest absolute Gasteiger partial charge is 0.473 e.